The number of benzene rings is 1. The van der Waals surface area contributed by atoms with Crippen LogP contribution in [0.1, 0.15) is 31.7 Å². The molecule has 0 atom stereocenters. The third-order valence-electron chi connectivity index (χ3n) is 2.40. The maximum atomic E-state index is 4.08. The van der Waals surface area contributed by atoms with Gasteiger partial charge in [0, 0.05) is 5.56 Å². The summed E-state index contributed by atoms with van der Waals surface area (Å²) in [6.45, 7) is 2.17. The topological polar surface area (TPSA) is 38.8 Å². The molecule has 1 aliphatic rings. The summed E-state index contributed by atoms with van der Waals surface area (Å²) in [5.41, 5.74) is 6.81. The van der Waals surface area contributed by atoms with Crippen LogP contribution in [-0.4, -0.2) is 11.4 Å². The van der Waals surface area contributed by atoms with Gasteiger partial charge in [-0.2, -0.15) is 0 Å². The molecule has 0 aromatic heterocycles. The fraction of sp³-hybridized carbons (Fsp3) is 0.333. The second kappa shape index (κ2) is 4.73. The second-order valence-electron chi connectivity index (χ2n) is 3.55. The van der Waals surface area contributed by atoms with Crippen molar-refractivity contribution in [3.63, 3.8) is 0 Å². The van der Waals surface area contributed by atoms with Crippen LogP contribution >= 0.6 is 0 Å². The van der Waals surface area contributed by atoms with E-state index in [4.69, 9.17) is 0 Å². The van der Waals surface area contributed by atoms with Gasteiger partial charge in [-0.1, -0.05) is 43.7 Å². The van der Waals surface area contributed by atoms with Crippen LogP contribution in [-0.2, 0) is 0 Å². The van der Waals surface area contributed by atoms with Crippen LogP contribution in [0.2, 0.25) is 0 Å². The summed E-state index contributed by atoms with van der Waals surface area (Å²) in [5.74, 6) is 0. The molecule has 0 saturated heterocycles. The van der Waals surface area contributed by atoms with Crippen LogP contribution in [0.4, 0.5) is 0 Å². The van der Waals surface area contributed by atoms with E-state index in [0.717, 1.165) is 29.8 Å². The van der Waals surface area contributed by atoms with Crippen LogP contribution in [0.15, 0.2) is 40.5 Å². The summed E-state index contributed by atoms with van der Waals surface area (Å²) in [6.07, 6.45) is 3.27. The van der Waals surface area contributed by atoms with Gasteiger partial charge in [-0.05, 0) is 18.4 Å². The summed E-state index contributed by atoms with van der Waals surface area (Å²) in [5, 5.41) is 8.15. The van der Waals surface area contributed by atoms with Crippen LogP contribution in [0.3, 0.4) is 0 Å². The number of nitrogens with zero attached hydrogens (tertiary/aromatic N) is 3. The maximum Gasteiger partial charge on any atom is 0.118 e. The first-order valence-electron chi connectivity index (χ1n) is 5.32. The second-order valence-corrected chi connectivity index (χ2v) is 3.55. The Bertz CT molecular complexity index is 379. The molecule has 0 fully saturated rings. The van der Waals surface area contributed by atoms with Crippen LogP contribution < -0.4 is 5.53 Å². The van der Waals surface area contributed by atoms with E-state index in [1.54, 1.807) is 0 Å². The van der Waals surface area contributed by atoms with Gasteiger partial charge in [0.15, 0.2) is 0 Å². The molecular weight excluding hydrogens is 186 g/mol. The molecule has 0 amide bonds. The van der Waals surface area contributed by atoms with Crippen molar-refractivity contribution in [2.45, 2.75) is 26.2 Å². The molecule has 0 aliphatic carbocycles. The minimum atomic E-state index is 0.934. The SMILES string of the molecule is CCCCC1=N[N]N=C1c1ccccc1. The molecule has 0 saturated carbocycles. The Labute approximate surface area is 89.9 Å². The lowest BCUT2D eigenvalue weighted by Gasteiger charge is -2.02. The average Bonchev–Trinajstić information content (AvgIpc) is 2.75. The summed E-state index contributed by atoms with van der Waals surface area (Å²) in [6, 6.07) is 10.1. The maximum absolute atomic E-state index is 4.08. The summed E-state index contributed by atoms with van der Waals surface area (Å²) in [7, 11) is 0. The molecule has 1 aromatic rings. The zero-order valence-corrected chi connectivity index (χ0v) is 8.85. The van der Waals surface area contributed by atoms with E-state index >= 15 is 0 Å². The molecule has 1 radical (unpaired) electrons. The quantitative estimate of drug-likeness (QED) is 0.716. The van der Waals surface area contributed by atoms with Crippen molar-refractivity contribution < 1.29 is 0 Å². The highest BCUT2D eigenvalue weighted by molar-refractivity contribution is 6.48. The van der Waals surface area contributed by atoms with E-state index in [1.807, 2.05) is 30.3 Å². The standard InChI is InChI=1S/C12H14N3/c1-2-3-9-11-12(14-15-13-11)10-7-5-4-6-8-10/h4-8H,2-3,9H2,1H3. The van der Waals surface area contributed by atoms with E-state index in [2.05, 4.69) is 22.7 Å². The van der Waals surface area contributed by atoms with E-state index in [-0.39, 0.29) is 0 Å². The summed E-state index contributed by atoms with van der Waals surface area (Å²) < 4.78 is 0. The van der Waals surface area contributed by atoms with Crippen molar-refractivity contribution in [1.29, 1.82) is 0 Å². The van der Waals surface area contributed by atoms with Gasteiger partial charge in [-0.3, -0.25) is 0 Å². The fourth-order valence-electron chi connectivity index (χ4n) is 1.56. The van der Waals surface area contributed by atoms with Gasteiger partial charge in [0.1, 0.15) is 5.71 Å². The number of rotatable bonds is 4. The molecule has 3 heteroatoms. The molecule has 77 valence electrons. The highest BCUT2D eigenvalue weighted by atomic mass is 15.5. The third kappa shape index (κ3) is 2.24. The zero-order valence-electron chi connectivity index (χ0n) is 8.85. The lowest BCUT2D eigenvalue weighted by Crippen LogP contribution is -2.12. The lowest BCUT2D eigenvalue weighted by molar-refractivity contribution is 0.795. The Hall–Kier alpha value is -1.64. The minimum absolute atomic E-state index is 0.934. The van der Waals surface area contributed by atoms with Crippen LogP contribution in [0, 0.1) is 0 Å². The molecule has 0 unspecified atom stereocenters. The summed E-state index contributed by atoms with van der Waals surface area (Å²) in [4.78, 5) is 0. The molecule has 1 aromatic carbocycles. The number of unbranched alkanes of at least 4 members (excludes halogenated alkanes) is 1. The Morgan fingerprint density at radius 3 is 2.60 bits per heavy atom. The average molecular weight is 200 g/mol. The minimum Gasteiger partial charge on any atom is -0.133 e. The van der Waals surface area contributed by atoms with Crippen molar-refractivity contribution in [2.24, 2.45) is 10.2 Å². The van der Waals surface area contributed by atoms with Gasteiger partial charge in [-0.15, -0.1) is 10.2 Å². The predicted octanol–water partition coefficient (Wildman–Crippen LogP) is 2.55. The Kier molecular flexibility index (Phi) is 3.12. The van der Waals surface area contributed by atoms with Crippen molar-refractivity contribution >= 4 is 11.4 Å². The van der Waals surface area contributed by atoms with Crippen molar-refractivity contribution in [3.8, 4) is 0 Å². The Morgan fingerprint density at radius 1 is 1.07 bits per heavy atom. The molecule has 1 heterocycles. The first kappa shape index (κ1) is 9.90. The first-order chi connectivity index (χ1) is 7.42. The van der Waals surface area contributed by atoms with Gasteiger partial charge in [0.25, 0.3) is 0 Å². The molecule has 2 rings (SSSR count). The number of hydrogen-bond acceptors (Lipinski definition) is 2. The van der Waals surface area contributed by atoms with E-state index in [0.29, 0.717) is 0 Å². The van der Waals surface area contributed by atoms with Crippen molar-refractivity contribution in [1.82, 2.24) is 5.53 Å². The van der Waals surface area contributed by atoms with Gasteiger partial charge < -0.3 is 0 Å². The van der Waals surface area contributed by atoms with Gasteiger partial charge in [-0.25, -0.2) is 0 Å². The van der Waals surface area contributed by atoms with E-state index < -0.39 is 0 Å². The largest absolute Gasteiger partial charge is 0.133 e. The summed E-state index contributed by atoms with van der Waals surface area (Å²) >= 11 is 0. The first-order valence-corrected chi connectivity index (χ1v) is 5.32. The van der Waals surface area contributed by atoms with Gasteiger partial charge in [0.2, 0.25) is 0 Å². The van der Waals surface area contributed by atoms with Crippen molar-refractivity contribution in [3.05, 3.63) is 35.9 Å². The van der Waals surface area contributed by atoms with Crippen LogP contribution in [0.5, 0.6) is 0 Å². The fourth-order valence-corrected chi connectivity index (χ4v) is 1.56. The van der Waals surface area contributed by atoms with Gasteiger partial charge in [0.05, 0.1) is 5.71 Å². The Morgan fingerprint density at radius 2 is 1.87 bits per heavy atom. The molecule has 0 bridgehead atoms. The van der Waals surface area contributed by atoms with E-state index in [1.165, 1.54) is 6.42 Å². The highest BCUT2D eigenvalue weighted by Gasteiger charge is 2.16. The number of hydrogen-bond donors (Lipinski definition) is 0. The normalized spacial score (nSPS) is 14.5. The molecule has 0 N–H and O–H groups in total. The molecule has 1 aliphatic heterocycles. The molecule has 3 nitrogen and oxygen atoms in total. The predicted molar refractivity (Wildman–Crippen MR) is 62.1 cm³/mol. The molecule has 0 spiro atoms. The van der Waals surface area contributed by atoms with E-state index in [9.17, 15) is 0 Å². The van der Waals surface area contributed by atoms with Crippen molar-refractivity contribution in [2.75, 3.05) is 0 Å². The Balaban J connectivity index is 2.14. The van der Waals surface area contributed by atoms with Gasteiger partial charge >= 0.3 is 0 Å². The lowest BCUT2D eigenvalue weighted by atomic mass is 10.0. The third-order valence-corrected chi connectivity index (χ3v) is 2.40. The van der Waals surface area contributed by atoms with Crippen LogP contribution in [0.25, 0.3) is 0 Å². The zero-order chi connectivity index (χ0) is 10.5. The smallest absolute Gasteiger partial charge is 0.118 e. The monoisotopic (exact) mass is 200 g/mol. The molecular formula is C12H14N3. The highest BCUT2D eigenvalue weighted by Crippen LogP contribution is 2.10. The molecule has 15 heavy (non-hydrogen) atoms.